The third-order valence-electron chi connectivity index (χ3n) is 8.99. The number of carbonyl (C=O) groups excluding carboxylic acids is 2. The minimum atomic E-state index is -2.20. The summed E-state index contributed by atoms with van der Waals surface area (Å²) < 4.78 is 6.89. The Hall–Kier alpha value is -1.87. The van der Waals surface area contributed by atoms with Gasteiger partial charge < -0.3 is 14.8 Å². The molecule has 0 aromatic carbocycles. The van der Waals surface area contributed by atoms with Gasteiger partial charge in [0.2, 0.25) is 5.91 Å². The standard InChI is InChI=1S/C33H54N2O4SSi/c1-21-14-13-15-22(2)30(39-41(11,12)32(6,7)8)24(4)31(38)33(9,10)28(36)19-29(37)35-27(17-16-21)23(3)18-26-20-40-25(5)34-26/h13,15-16,18,20,22,24,27-28,30,36H,14,17,19H2,1-12H3,(H,35,37)/b15-13-,21-16-,23-18+/t22-,24+,27-,28-,30?/m0/s1. The molecule has 0 saturated carbocycles. The van der Waals surface area contributed by atoms with E-state index in [4.69, 9.17) is 4.43 Å². The minimum Gasteiger partial charge on any atom is -0.413 e. The van der Waals surface area contributed by atoms with Crippen molar-refractivity contribution in [3.05, 3.63) is 45.5 Å². The van der Waals surface area contributed by atoms with E-state index in [1.54, 1.807) is 25.2 Å². The number of aliphatic hydroxyl groups excluding tert-OH is 1. The van der Waals surface area contributed by atoms with Gasteiger partial charge in [-0.3, -0.25) is 9.59 Å². The summed E-state index contributed by atoms with van der Waals surface area (Å²) in [6, 6.07) is -0.248. The Kier molecular flexibility index (Phi) is 12.1. The van der Waals surface area contributed by atoms with Crippen molar-refractivity contribution in [3.8, 4) is 0 Å². The molecule has 1 aromatic rings. The first-order valence-corrected chi connectivity index (χ1v) is 18.7. The fraction of sp³-hybridized carbons (Fsp3) is 0.667. The molecule has 1 aliphatic heterocycles. The summed E-state index contributed by atoms with van der Waals surface area (Å²) in [5.41, 5.74) is 1.94. The molecule has 0 saturated heterocycles. The number of nitrogens with one attached hydrogen (secondary N) is 1. The van der Waals surface area contributed by atoms with E-state index in [1.807, 2.05) is 32.2 Å². The first-order valence-electron chi connectivity index (χ1n) is 14.9. The molecule has 8 heteroatoms. The molecule has 0 fully saturated rings. The normalized spacial score (nSPS) is 29.9. The van der Waals surface area contributed by atoms with Gasteiger partial charge in [-0.2, -0.15) is 0 Å². The van der Waals surface area contributed by atoms with E-state index in [0.29, 0.717) is 6.42 Å². The van der Waals surface area contributed by atoms with Crippen molar-refractivity contribution in [3.63, 3.8) is 0 Å². The lowest BCUT2D eigenvalue weighted by Crippen LogP contribution is -2.51. The van der Waals surface area contributed by atoms with E-state index < -0.39 is 25.8 Å². The monoisotopic (exact) mass is 602 g/mol. The number of aryl methyl sites for hydroxylation is 1. The summed E-state index contributed by atoms with van der Waals surface area (Å²) in [6.45, 7) is 24.6. The van der Waals surface area contributed by atoms with Crippen LogP contribution in [0.25, 0.3) is 6.08 Å². The molecular formula is C33H54N2O4SSi. The lowest BCUT2D eigenvalue weighted by Gasteiger charge is -2.43. The van der Waals surface area contributed by atoms with Crippen LogP contribution in [0.4, 0.5) is 0 Å². The molecule has 2 N–H and O–H groups in total. The number of aliphatic hydroxyl groups is 1. The fourth-order valence-electron chi connectivity index (χ4n) is 4.89. The zero-order chi connectivity index (χ0) is 31.3. The van der Waals surface area contributed by atoms with Crippen molar-refractivity contribution in [1.82, 2.24) is 10.3 Å². The highest BCUT2D eigenvalue weighted by molar-refractivity contribution is 7.09. The lowest BCUT2D eigenvalue weighted by molar-refractivity contribution is -0.142. The summed E-state index contributed by atoms with van der Waals surface area (Å²) in [5, 5.41) is 17.4. The summed E-state index contributed by atoms with van der Waals surface area (Å²) in [5.74, 6) is -0.824. The van der Waals surface area contributed by atoms with Crippen molar-refractivity contribution >= 4 is 37.4 Å². The number of amides is 1. The third-order valence-corrected chi connectivity index (χ3v) is 14.3. The Morgan fingerprint density at radius 2 is 1.85 bits per heavy atom. The smallest absolute Gasteiger partial charge is 0.223 e. The van der Waals surface area contributed by atoms with E-state index in [0.717, 1.165) is 22.7 Å². The quantitative estimate of drug-likeness (QED) is 0.273. The van der Waals surface area contributed by atoms with Crippen LogP contribution < -0.4 is 5.32 Å². The Morgan fingerprint density at radius 3 is 2.41 bits per heavy atom. The number of aromatic nitrogens is 1. The maximum atomic E-state index is 14.0. The van der Waals surface area contributed by atoms with E-state index in [9.17, 15) is 14.7 Å². The molecule has 1 unspecified atom stereocenters. The zero-order valence-electron chi connectivity index (χ0n) is 27.4. The second-order valence-corrected chi connectivity index (χ2v) is 19.8. The van der Waals surface area contributed by atoms with Gasteiger partial charge >= 0.3 is 0 Å². The second-order valence-electron chi connectivity index (χ2n) is 14.0. The van der Waals surface area contributed by atoms with Crippen LogP contribution in [0.3, 0.4) is 0 Å². The lowest BCUT2D eigenvalue weighted by atomic mass is 9.73. The molecular weight excluding hydrogens is 549 g/mol. The average molecular weight is 603 g/mol. The van der Waals surface area contributed by atoms with Crippen LogP contribution in [-0.4, -0.2) is 48.3 Å². The van der Waals surface area contributed by atoms with Crippen molar-refractivity contribution in [2.45, 2.75) is 125 Å². The third kappa shape index (κ3) is 9.57. The molecule has 0 spiro atoms. The topological polar surface area (TPSA) is 88.5 Å². The van der Waals surface area contributed by atoms with E-state index in [2.05, 4.69) is 76.2 Å². The SMILES string of the molecule is C/C1=C/C[C@@H](/C(C)=C/c2csc(C)n2)NC(=O)C[C@H](O)C(C)(C)C(=O)[C@H](C)C(O[Si](C)(C)C(C)(C)C)[C@@H](C)/C=C\C1. The van der Waals surface area contributed by atoms with E-state index in [-0.39, 0.29) is 41.2 Å². The number of allylic oxidation sites excluding steroid dienone is 2. The number of Topliss-reactive ketones (excluding diaryl/α,β-unsaturated/α-hetero) is 1. The Morgan fingerprint density at radius 1 is 1.22 bits per heavy atom. The maximum Gasteiger partial charge on any atom is 0.223 e. The van der Waals surface area contributed by atoms with Crippen LogP contribution >= 0.6 is 11.3 Å². The molecule has 5 atom stereocenters. The van der Waals surface area contributed by atoms with Gasteiger partial charge in [0.15, 0.2) is 8.32 Å². The Balaban J connectivity index is 2.48. The number of rotatable bonds is 4. The maximum absolute atomic E-state index is 14.0. The predicted octanol–water partition coefficient (Wildman–Crippen LogP) is 7.64. The van der Waals surface area contributed by atoms with Crippen molar-refractivity contribution in [1.29, 1.82) is 0 Å². The van der Waals surface area contributed by atoms with Crippen LogP contribution in [0.15, 0.2) is 34.8 Å². The average Bonchev–Trinajstić information content (AvgIpc) is 3.26. The fourth-order valence-corrected chi connectivity index (χ4v) is 6.91. The van der Waals surface area contributed by atoms with Crippen molar-refractivity contribution < 1.29 is 19.1 Å². The molecule has 2 rings (SSSR count). The summed E-state index contributed by atoms with van der Waals surface area (Å²) >= 11 is 1.59. The van der Waals surface area contributed by atoms with Crippen molar-refractivity contribution in [2.24, 2.45) is 17.3 Å². The number of hydrogen-bond acceptors (Lipinski definition) is 6. The van der Waals surface area contributed by atoms with Gasteiger partial charge in [-0.15, -0.1) is 11.3 Å². The molecule has 0 bridgehead atoms. The number of ketones is 1. The molecule has 41 heavy (non-hydrogen) atoms. The minimum absolute atomic E-state index is 0.000448. The number of thiazole rings is 1. The number of hydrogen-bond donors (Lipinski definition) is 2. The predicted molar refractivity (Wildman–Crippen MR) is 174 cm³/mol. The van der Waals surface area contributed by atoms with Gasteiger partial charge in [0, 0.05) is 11.3 Å². The molecule has 1 aromatic heterocycles. The molecule has 0 radical (unpaired) electrons. The Bertz CT molecular complexity index is 1160. The molecule has 2 heterocycles. The van der Waals surface area contributed by atoms with Crippen LogP contribution in [-0.2, 0) is 14.0 Å². The van der Waals surface area contributed by atoms with Gasteiger partial charge in [-0.1, -0.05) is 72.3 Å². The van der Waals surface area contributed by atoms with Crippen LogP contribution in [0.5, 0.6) is 0 Å². The van der Waals surface area contributed by atoms with E-state index in [1.165, 1.54) is 5.57 Å². The number of carbonyl (C=O) groups is 2. The van der Waals surface area contributed by atoms with E-state index >= 15 is 0 Å². The zero-order valence-corrected chi connectivity index (χ0v) is 29.2. The molecule has 0 aliphatic carbocycles. The van der Waals surface area contributed by atoms with Crippen LogP contribution in [0.1, 0.15) is 92.3 Å². The van der Waals surface area contributed by atoms with Gasteiger partial charge in [0.25, 0.3) is 0 Å². The summed E-state index contributed by atoms with van der Waals surface area (Å²) in [6.07, 6.45) is 8.29. The van der Waals surface area contributed by atoms with Crippen molar-refractivity contribution in [2.75, 3.05) is 0 Å². The highest BCUT2D eigenvalue weighted by Gasteiger charge is 2.46. The van der Waals surface area contributed by atoms with Crippen LogP contribution in [0.2, 0.25) is 18.1 Å². The Labute approximate surface area is 253 Å². The summed E-state index contributed by atoms with van der Waals surface area (Å²) in [4.78, 5) is 31.8. The van der Waals surface area contributed by atoms with Gasteiger partial charge in [0.1, 0.15) is 5.78 Å². The van der Waals surface area contributed by atoms with Gasteiger partial charge in [-0.25, -0.2) is 4.98 Å². The van der Waals surface area contributed by atoms with Gasteiger partial charge in [0.05, 0.1) is 40.8 Å². The summed E-state index contributed by atoms with van der Waals surface area (Å²) in [7, 11) is -2.20. The molecule has 6 nitrogen and oxygen atoms in total. The van der Waals surface area contributed by atoms with Crippen LogP contribution in [0, 0.1) is 24.2 Å². The molecule has 1 amide bonds. The largest absolute Gasteiger partial charge is 0.413 e. The first kappa shape index (κ1) is 35.3. The number of nitrogens with zero attached hydrogens (tertiary/aromatic N) is 1. The highest BCUT2D eigenvalue weighted by Crippen LogP contribution is 2.41. The first-order chi connectivity index (χ1) is 18.8. The second kappa shape index (κ2) is 14.1. The molecule has 230 valence electrons. The molecule has 1 aliphatic rings. The highest BCUT2D eigenvalue weighted by atomic mass is 32.1. The van der Waals surface area contributed by atoms with Gasteiger partial charge in [-0.05, 0) is 69.3 Å².